The molecule has 1 aliphatic heterocycles. The molecule has 2 rings (SSSR count). The Kier molecular flexibility index (Phi) is 5.23. The highest BCUT2D eigenvalue weighted by molar-refractivity contribution is 6.32. The van der Waals surface area contributed by atoms with Gasteiger partial charge < -0.3 is 4.74 Å². The molecule has 1 saturated heterocycles. The largest absolute Gasteiger partial charge is 0.492 e. The third-order valence-corrected chi connectivity index (χ3v) is 3.58. The SMILES string of the molecule is CCCOc1ccc(C(=O)CN2CCCC2)cc1Cl. The van der Waals surface area contributed by atoms with Gasteiger partial charge in [-0.2, -0.15) is 0 Å². The van der Waals surface area contributed by atoms with Gasteiger partial charge in [0, 0.05) is 5.56 Å². The van der Waals surface area contributed by atoms with Gasteiger partial charge in [-0.1, -0.05) is 18.5 Å². The third kappa shape index (κ3) is 3.95. The zero-order chi connectivity index (χ0) is 13.7. The Hall–Kier alpha value is -1.06. The summed E-state index contributed by atoms with van der Waals surface area (Å²) in [6, 6.07) is 5.30. The molecule has 0 N–H and O–H groups in total. The summed E-state index contributed by atoms with van der Waals surface area (Å²) in [5.74, 6) is 0.784. The van der Waals surface area contributed by atoms with Crippen LogP contribution >= 0.6 is 11.6 Å². The Morgan fingerprint density at radius 1 is 1.37 bits per heavy atom. The maximum absolute atomic E-state index is 12.1. The van der Waals surface area contributed by atoms with Crippen molar-refractivity contribution in [2.24, 2.45) is 0 Å². The number of ether oxygens (including phenoxy) is 1. The van der Waals surface area contributed by atoms with Crippen LogP contribution in [0.15, 0.2) is 18.2 Å². The Labute approximate surface area is 119 Å². The van der Waals surface area contributed by atoms with E-state index in [1.54, 1.807) is 18.2 Å². The number of likely N-dealkylation sites (tertiary alicyclic amines) is 1. The highest BCUT2D eigenvalue weighted by Gasteiger charge is 2.17. The smallest absolute Gasteiger partial charge is 0.176 e. The number of rotatable bonds is 6. The number of ketones is 1. The van der Waals surface area contributed by atoms with Gasteiger partial charge in [-0.15, -0.1) is 0 Å². The molecule has 0 atom stereocenters. The fourth-order valence-electron chi connectivity index (χ4n) is 2.24. The number of hydrogen-bond acceptors (Lipinski definition) is 3. The van der Waals surface area contributed by atoms with Gasteiger partial charge in [0.25, 0.3) is 0 Å². The molecule has 0 unspecified atom stereocenters. The Morgan fingerprint density at radius 3 is 2.74 bits per heavy atom. The van der Waals surface area contributed by atoms with E-state index in [1.165, 1.54) is 12.8 Å². The highest BCUT2D eigenvalue weighted by Crippen LogP contribution is 2.26. The Bertz CT molecular complexity index is 442. The van der Waals surface area contributed by atoms with Gasteiger partial charge in [0.15, 0.2) is 5.78 Å². The maximum Gasteiger partial charge on any atom is 0.176 e. The number of benzene rings is 1. The van der Waals surface area contributed by atoms with E-state index < -0.39 is 0 Å². The van der Waals surface area contributed by atoms with Crippen LogP contribution in [0.5, 0.6) is 5.75 Å². The average molecular weight is 282 g/mol. The summed E-state index contributed by atoms with van der Waals surface area (Å²) in [7, 11) is 0. The summed E-state index contributed by atoms with van der Waals surface area (Å²) in [6.45, 7) is 5.22. The van der Waals surface area contributed by atoms with Crippen LogP contribution in [0, 0.1) is 0 Å². The third-order valence-electron chi connectivity index (χ3n) is 3.28. The monoisotopic (exact) mass is 281 g/mol. The molecular formula is C15H20ClNO2. The summed E-state index contributed by atoms with van der Waals surface area (Å²) in [6.07, 6.45) is 3.32. The lowest BCUT2D eigenvalue weighted by Crippen LogP contribution is -2.26. The van der Waals surface area contributed by atoms with Gasteiger partial charge in [0.05, 0.1) is 18.2 Å². The second kappa shape index (κ2) is 6.92. The fraction of sp³-hybridized carbons (Fsp3) is 0.533. The van der Waals surface area contributed by atoms with Crippen molar-refractivity contribution in [3.05, 3.63) is 28.8 Å². The quantitative estimate of drug-likeness (QED) is 0.749. The summed E-state index contributed by atoms with van der Waals surface area (Å²) in [4.78, 5) is 14.3. The predicted octanol–water partition coefficient (Wildman–Crippen LogP) is 3.41. The first kappa shape index (κ1) is 14.4. The van der Waals surface area contributed by atoms with Gasteiger partial charge in [-0.25, -0.2) is 0 Å². The van der Waals surface area contributed by atoms with Crippen LogP contribution in [-0.2, 0) is 0 Å². The molecule has 19 heavy (non-hydrogen) atoms. The summed E-state index contributed by atoms with van der Waals surface area (Å²) < 4.78 is 5.50. The number of Topliss-reactive ketones (excluding diaryl/α,β-unsaturated/α-hetero) is 1. The number of carbonyl (C=O) groups is 1. The molecule has 1 heterocycles. The lowest BCUT2D eigenvalue weighted by molar-refractivity contribution is 0.0945. The molecule has 0 spiro atoms. The van der Waals surface area contributed by atoms with E-state index in [2.05, 4.69) is 4.90 Å². The van der Waals surface area contributed by atoms with E-state index in [0.29, 0.717) is 29.5 Å². The van der Waals surface area contributed by atoms with Crippen LogP contribution in [0.3, 0.4) is 0 Å². The van der Waals surface area contributed by atoms with Crippen molar-refractivity contribution in [3.8, 4) is 5.75 Å². The summed E-state index contributed by atoms with van der Waals surface area (Å²) in [5, 5.41) is 0.515. The van der Waals surface area contributed by atoms with Crippen LogP contribution in [0.1, 0.15) is 36.5 Å². The first-order chi connectivity index (χ1) is 9.20. The molecule has 3 nitrogen and oxygen atoms in total. The number of hydrogen-bond donors (Lipinski definition) is 0. The second-order valence-corrected chi connectivity index (χ2v) is 5.31. The zero-order valence-corrected chi connectivity index (χ0v) is 12.1. The molecule has 1 fully saturated rings. The van der Waals surface area contributed by atoms with Crippen LogP contribution in [0.4, 0.5) is 0 Å². The minimum absolute atomic E-state index is 0.130. The average Bonchev–Trinajstić information content (AvgIpc) is 2.90. The first-order valence-corrected chi connectivity index (χ1v) is 7.26. The van der Waals surface area contributed by atoms with Gasteiger partial charge in [0.1, 0.15) is 5.75 Å². The van der Waals surface area contributed by atoms with E-state index in [4.69, 9.17) is 16.3 Å². The summed E-state index contributed by atoms with van der Waals surface area (Å²) in [5.41, 5.74) is 0.667. The molecule has 0 bridgehead atoms. The van der Waals surface area contributed by atoms with E-state index in [-0.39, 0.29) is 5.78 Å². The van der Waals surface area contributed by atoms with E-state index in [1.807, 2.05) is 6.92 Å². The zero-order valence-electron chi connectivity index (χ0n) is 11.3. The van der Waals surface area contributed by atoms with Crippen molar-refractivity contribution >= 4 is 17.4 Å². The van der Waals surface area contributed by atoms with Crippen molar-refractivity contribution < 1.29 is 9.53 Å². The maximum atomic E-state index is 12.1. The minimum Gasteiger partial charge on any atom is -0.492 e. The molecule has 1 aromatic rings. The number of nitrogens with zero attached hydrogens (tertiary/aromatic N) is 1. The molecule has 1 aromatic carbocycles. The summed E-state index contributed by atoms with van der Waals surface area (Å²) >= 11 is 6.14. The van der Waals surface area contributed by atoms with E-state index in [9.17, 15) is 4.79 Å². The second-order valence-electron chi connectivity index (χ2n) is 4.90. The molecule has 0 aliphatic carbocycles. The molecule has 4 heteroatoms. The van der Waals surface area contributed by atoms with Crippen molar-refractivity contribution in [1.82, 2.24) is 4.90 Å². The van der Waals surface area contributed by atoms with Gasteiger partial charge in [-0.3, -0.25) is 9.69 Å². The van der Waals surface area contributed by atoms with Crippen LogP contribution in [0.2, 0.25) is 5.02 Å². The first-order valence-electron chi connectivity index (χ1n) is 6.88. The van der Waals surface area contributed by atoms with Gasteiger partial charge >= 0.3 is 0 Å². The predicted molar refractivity (Wildman–Crippen MR) is 77.2 cm³/mol. The molecule has 0 aromatic heterocycles. The number of halogens is 1. The van der Waals surface area contributed by atoms with Crippen LogP contribution < -0.4 is 4.74 Å². The van der Waals surface area contributed by atoms with Gasteiger partial charge in [0.2, 0.25) is 0 Å². The highest BCUT2D eigenvalue weighted by atomic mass is 35.5. The molecule has 104 valence electrons. The van der Waals surface area contributed by atoms with E-state index >= 15 is 0 Å². The van der Waals surface area contributed by atoms with Gasteiger partial charge in [-0.05, 0) is 50.6 Å². The topological polar surface area (TPSA) is 29.5 Å². The minimum atomic E-state index is 0.130. The molecule has 0 amide bonds. The lowest BCUT2D eigenvalue weighted by atomic mass is 10.1. The van der Waals surface area contributed by atoms with Crippen molar-refractivity contribution in [3.63, 3.8) is 0 Å². The Morgan fingerprint density at radius 2 is 2.11 bits per heavy atom. The Balaban J connectivity index is 1.99. The lowest BCUT2D eigenvalue weighted by Gasteiger charge is -2.14. The van der Waals surface area contributed by atoms with Crippen LogP contribution in [0.25, 0.3) is 0 Å². The normalized spacial score (nSPS) is 15.7. The van der Waals surface area contributed by atoms with Crippen molar-refractivity contribution in [2.45, 2.75) is 26.2 Å². The number of carbonyl (C=O) groups excluding carboxylic acids is 1. The molecule has 0 radical (unpaired) electrons. The van der Waals surface area contributed by atoms with Crippen molar-refractivity contribution in [1.29, 1.82) is 0 Å². The van der Waals surface area contributed by atoms with Crippen molar-refractivity contribution in [2.75, 3.05) is 26.2 Å². The fourth-order valence-corrected chi connectivity index (χ4v) is 2.47. The standard InChI is InChI=1S/C15H20ClNO2/c1-2-9-19-15-6-5-12(10-13(15)16)14(18)11-17-7-3-4-8-17/h5-6,10H,2-4,7-9,11H2,1H3. The molecular weight excluding hydrogens is 262 g/mol. The van der Waals surface area contributed by atoms with E-state index in [0.717, 1.165) is 19.5 Å². The molecule has 0 saturated carbocycles. The van der Waals surface area contributed by atoms with Crippen LogP contribution in [-0.4, -0.2) is 36.9 Å². The molecule has 1 aliphatic rings.